The second-order valence-electron chi connectivity index (χ2n) is 3.83. The van der Waals surface area contributed by atoms with E-state index in [1.165, 1.54) is 11.3 Å². The van der Waals surface area contributed by atoms with Crippen LogP contribution in [-0.2, 0) is 9.84 Å². The van der Waals surface area contributed by atoms with Gasteiger partial charge in [0, 0.05) is 10.9 Å². The summed E-state index contributed by atoms with van der Waals surface area (Å²) in [4.78, 5) is 0.974. The third kappa shape index (κ3) is 2.53. The largest absolute Gasteiger partial charge is 0.323 e. The van der Waals surface area contributed by atoms with Crippen LogP contribution in [0.25, 0.3) is 0 Å². The first-order valence-electron chi connectivity index (χ1n) is 4.69. The molecule has 84 valence electrons. The van der Waals surface area contributed by atoms with Gasteiger partial charge in [-0.25, -0.2) is 8.42 Å². The lowest BCUT2D eigenvalue weighted by molar-refractivity contribution is 0.486. The van der Waals surface area contributed by atoms with Crippen molar-refractivity contribution in [1.82, 2.24) is 0 Å². The smallest absolute Gasteiger partial charge is 0.150 e. The second-order valence-corrected chi connectivity index (χ2v) is 7.81. The molecule has 0 amide bonds. The highest BCUT2D eigenvalue weighted by Gasteiger charge is 2.33. The van der Waals surface area contributed by atoms with E-state index < -0.39 is 9.84 Å². The summed E-state index contributed by atoms with van der Waals surface area (Å²) in [5.74, 6) is 0.526. The van der Waals surface area contributed by atoms with Crippen molar-refractivity contribution >= 4 is 32.8 Å². The summed E-state index contributed by atoms with van der Waals surface area (Å²) < 4.78 is 23.3. The SMILES string of the molecule is NC(c1ccc(Cl)s1)C1CCS(=O)(=O)C1. The molecular formula is C9H12ClNO2S2. The third-order valence-corrected chi connectivity index (χ3v) is 5.82. The zero-order chi connectivity index (χ0) is 11.1. The molecule has 2 heterocycles. The zero-order valence-electron chi connectivity index (χ0n) is 8.02. The summed E-state index contributed by atoms with van der Waals surface area (Å²) in [6.45, 7) is 0. The molecule has 2 atom stereocenters. The molecule has 0 radical (unpaired) electrons. The Morgan fingerprint density at radius 1 is 1.53 bits per heavy atom. The van der Waals surface area contributed by atoms with Gasteiger partial charge in [0.15, 0.2) is 9.84 Å². The Labute approximate surface area is 98.2 Å². The number of hydrogen-bond acceptors (Lipinski definition) is 4. The first-order valence-corrected chi connectivity index (χ1v) is 7.71. The summed E-state index contributed by atoms with van der Waals surface area (Å²) >= 11 is 7.24. The maximum absolute atomic E-state index is 11.3. The molecule has 0 spiro atoms. The molecule has 0 bridgehead atoms. The zero-order valence-corrected chi connectivity index (χ0v) is 10.4. The summed E-state index contributed by atoms with van der Waals surface area (Å²) in [7, 11) is -2.85. The maximum atomic E-state index is 11.3. The van der Waals surface area contributed by atoms with Crippen molar-refractivity contribution in [3.63, 3.8) is 0 Å². The molecule has 0 aromatic carbocycles. The normalized spacial score (nSPS) is 26.7. The predicted octanol–water partition coefficient (Wildman–Crippen LogP) is 1.84. The minimum atomic E-state index is -2.85. The van der Waals surface area contributed by atoms with Crippen molar-refractivity contribution in [1.29, 1.82) is 0 Å². The van der Waals surface area contributed by atoms with Crippen LogP contribution in [0.5, 0.6) is 0 Å². The average molecular weight is 266 g/mol. The maximum Gasteiger partial charge on any atom is 0.150 e. The van der Waals surface area contributed by atoms with Gasteiger partial charge in [-0.3, -0.25) is 0 Å². The molecule has 0 saturated carbocycles. The van der Waals surface area contributed by atoms with Crippen LogP contribution in [0, 0.1) is 5.92 Å². The van der Waals surface area contributed by atoms with Gasteiger partial charge >= 0.3 is 0 Å². The van der Waals surface area contributed by atoms with E-state index in [-0.39, 0.29) is 23.5 Å². The molecular weight excluding hydrogens is 254 g/mol. The third-order valence-electron chi connectivity index (χ3n) is 2.70. The van der Waals surface area contributed by atoms with Crippen LogP contribution in [0.1, 0.15) is 17.3 Å². The van der Waals surface area contributed by atoms with Crippen LogP contribution < -0.4 is 5.73 Å². The first kappa shape index (κ1) is 11.4. The number of nitrogens with two attached hydrogens (primary N) is 1. The number of hydrogen-bond donors (Lipinski definition) is 1. The van der Waals surface area contributed by atoms with E-state index in [0.29, 0.717) is 10.8 Å². The van der Waals surface area contributed by atoms with Gasteiger partial charge in [-0.2, -0.15) is 0 Å². The van der Waals surface area contributed by atoms with Gasteiger partial charge in [-0.1, -0.05) is 11.6 Å². The second kappa shape index (κ2) is 4.05. The number of rotatable bonds is 2. The molecule has 2 unspecified atom stereocenters. The van der Waals surface area contributed by atoms with Gasteiger partial charge in [0.25, 0.3) is 0 Å². The van der Waals surface area contributed by atoms with Gasteiger partial charge in [0.2, 0.25) is 0 Å². The number of halogens is 1. The average Bonchev–Trinajstić information content (AvgIpc) is 2.71. The summed E-state index contributed by atoms with van der Waals surface area (Å²) in [6, 6.07) is 3.48. The van der Waals surface area contributed by atoms with Gasteiger partial charge in [0.1, 0.15) is 0 Å². The van der Waals surface area contributed by atoms with Crippen LogP contribution in [0.2, 0.25) is 4.34 Å². The van der Waals surface area contributed by atoms with E-state index in [1.807, 2.05) is 6.07 Å². The number of sulfone groups is 1. The van der Waals surface area contributed by atoms with Crippen LogP contribution in [-0.4, -0.2) is 19.9 Å². The highest BCUT2D eigenvalue weighted by molar-refractivity contribution is 7.91. The molecule has 1 aromatic rings. The lowest BCUT2D eigenvalue weighted by atomic mass is 9.99. The van der Waals surface area contributed by atoms with Gasteiger partial charge in [-0.15, -0.1) is 11.3 Å². The van der Waals surface area contributed by atoms with Gasteiger partial charge < -0.3 is 5.73 Å². The van der Waals surface area contributed by atoms with Gasteiger partial charge in [-0.05, 0) is 24.5 Å². The minimum Gasteiger partial charge on any atom is -0.323 e. The fourth-order valence-corrected chi connectivity index (χ4v) is 4.86. The van der Waals surface area contributed by atoms with Crippen LogP contribution >= 0.6 is 22.9 Å². The quantitative estimate of drug-likeness (QED) is 0.888. The van der Waals surface area contributed by atoms with E-state index in [2.05, 4.69) is 0 Å². The first-order chi connectivity index (χ1) is 6.98. The monoisotopic (exact) mass is 265 g/mol. The molecule has 1 aliphatic heterocycles. The molecule has 15 heavy (non-hydrogen) atoms. The molecule has 3 nitrogen and oxygen atoms in total. The number of thiophene rings is 1. The highest BCUT2D eigenvalue weighted by Crippen LogP contribution is 2.34. The molecule has 0 aliphatic carbocycles. The Morgan fingerprint density at radius 3 is 2.73 bits per heavy atom. The fraction of sp³-hybridized carbons (Fsp3) is 0.556. The van der Waals surface area contributed by atoms with Crippen molar-refractivity contribution in [2.75, 3.05) is 11.5 Å². The summed E-state index contributed by atoms with van der Waals surface area (Å²) in [5.41, 5.74) is 6.02. The standard InChI is InChI=1S/C9H12ClNO2S2/c10-8-2-1-7(14-8)9(11)6-3-4-15(12,13)5-6/h1-2,6,9H,3-5,11H2. The summed E-state index contributed by atoms with van der Waals surface area (Å²) in [5, 5.41) is 0. The lowest BCUT2D eigenvalue weighted by Gasteiger charge is -2.15. The summed E-state index contributed by atoms with van der Waals surface area (Å²) in [6.07, 6.45) is 0.666. The fourth-order valence-electron chi connectivity index (χ4n) is 1.85. The Morgan fingerprint density at radius 2 is 2.27 bits per heavy atom. The Balaban J connectivity index is 2.13. The minimum absolute atomic E-state index is 0.0460. The van der Waals surface area contributed by atoms with Crippen molar-refractivity contribution in [2.45, 2.75) is 12.5 Å². The van der Waals surface area contributed by atoms with Crippen LogP contribution in [0.4, 0.5) is 0 Å². The molecule has 1 aromatic heterocycles. The van der Waals surface area contributed by atoms with Gasteiger partial charge in [0.05, 0.1) is 15.8 Å². The van der Waals surface area contributed by atoms with Crippen molar-refractivity contribution < 1.29 is 8.42 Å². The van der Waals surface area contributed by atoms with Crippen LogP contribution in [0.15, 0.2) is 12.1 Å². The molecule has 6 heteroatoms. The Bertz CT molecular complexity index is 454. The topological polar surface area (TPSA) is 60.2 Å². The molecule has 1 aliphatic rings. The Hall–Kier alpha value is -0.100. The van der Waals surface area contributed by atoms with Crippen molar-refractivity contribution in [3.8, 4) is 0 Å². The molecule has 2 rings (SSSR count). The predicted molar refractivity (Wildman–Crippen MR) is 63.0 cm³/mol. The molecule has 1 fully saturated rings. The molecule has 1 saturated heterocycles. The lowest BCUT2D eigenvalue weighted by Crippen LogP contribution is -2.21. The highest BCUT2D eigenvalue weighted by atomic mass is 35.5. The van der Waals surface area contributed by atoms with E-state index in [9.17, 15) is 8.42 Å². The Kier molecular flexibility index (Phi) is 3.07. The molecule has 2 N–H and O–H groups in total. The van der Waals surface area contributed by atoms with E-state index in [0.717, 1.165) is 4.88 Å². The van der Waals surface area contributed by atoms with Crippen LogP contribution in [0.3, 0.4) is 0 Å². The van der Waals surface area contributed by atoms with E-state index in [1.54, 1.807) is 6.07 Å². The van der Waals surface area contributed by atoms with Crippen molar-refractivity contribution in [3.05, 3.63) is 21.3 Å². The van der Waals surface area contributed by atoms with Crippen molar-refractivity contribution in [2.24, 2.45) is 11.7 Å². The van der Waals surface area contributed by atoms with E-state index >= 15 is 0 Å². The van der Waals surface area contributed by atoms with E-state index in [4.69, 9.17) is 17.3 Å².